The summed E-state index contributed by atoms with van der Waals surface area (Å²) in [7, 11) is -4.08. The second-order valence-corrected chi connectivity index (χ2v) is 15.3. The molecule has 2 heterocycles. The molecular weight excluding hydrogens is 629 g/mol. The maximum atomic E-state index is 14.3. The van der Waals surface area contributed by atoms with Gasteiger partial charge >= 0.3 is 6.18 Å². The average Bonchev–Trinajstić information content (AvgIpc) is 3.73. The largest absolute Gasteiger partial charge is 0.490 e. The molecule has 1 unspecified atom stereocenters. The molecule has 0 spiro atoms. The second kappa shape index (κ2) is 12.7. The molecule has 252 valence electrons. The second-order valence-electron chi connectivity index (χ2n) is 13.5. The summed E-state index contributed by atoms with van der Waals surface area (Å²) in [6.45, 7) is 1.51. The van der Waals surface area contributed by atoms with Crippen LogP contribution in [0.3, 0.4) is 0 Å². The van der Waals surface area contributed by atoms with Crippen molar-refractivity contribution in [3.05, 3.63) is 71.3 Å². The van der Waals surface area contributed by atoms with E-state index in [0.717, 1.165) is 41.0 Å². The van der Waals surface area contributed by atoms with Crippen molar-refractivity contribution in [1.29, 1.82) is 0 Å². The van der Waals surface area contributed by atoms with E-state index in [-0.39, 0.29) is 42.1 Å². The van der Waals surface area contributed by atoms with Crippen molar-refractivity contribution in [3.8, 4) is 5.75 Å². The molecule has 1 amide bonds. The molecule has 3 aromatic carbocycles. The van der Waals surface area contributed by atoms with Crippen LogP contribution in [0.25, 0.3) is 10.8 Å². The number of amides is 1. The Morgan fingerprint density at radius 3 is 2.32 bits per heavy atom. The number of likely N-dealkylation sites (tertiary alicyclic amines) is 1. The molecule has 2 aliphatic heterocycles. The van der Waals surface area contributed by atoms with Crippen molar-refractivity contribution in [2.75, 3.05) is 32.7 Å². The van der Waals surface area contributed by atoms with E-state index in [1.165, 1.54) is 23.2 Å². The number of piperidine rings is 1. The molecule has 0 aromatic heterocycles. The molecule has 1 saturated carbocycles. The first-order valence-electron chi connectivity index (χ1n) is 16.7. The van der Waals surface area contributed by atoms with Crippen LogP contribution in [0.4, 0.5) is 13.2 Å². The van der Waals surface area contributed by atoms with E-state index in [1.54, 1.807) is 29.2 Å². The Kier molecular flexibility index (Phi) is 8.73. The highest BCUT2D eigenvalue weighted by molar-refractivity contribution is 7.89. The zero-order valence-corrected chi connectivity index (χ0v) is 27.1. The van der Waals surface area contributed by atoms with Gasteiger partial charge in [-0.1, -0.05) is 18.2 Å². The van der Waals surface area contributed by atoms with Crippen LogP contribution in [0.1, 0.15) is 67.7 Å². The average molecular weight is 671 g/mol. The predicted octanol–water partition coefficient (Wildman–Crippen LogP) is 5.49. The highest BCUT2D eigenvalue weighted by Crippen LogP contribution is 2.41. The third kappa shape index (κ3) is 6.49. The van der Waals surface area contributed by atoms with Crippen molar-refractivity contribution in [2.24, 2.45) is 5.73 Å². The lowest BCUT2D eigenvalue weighted by atomic mass is 10.0. The van der Waals surface area contributed by atoms with Crippen molar-refractivity contribution in [3.63, 3.8) is 0 Å². The highest BCUT2D eigenvalue weighted by atomic mass is 32.2. The zero-order valence-electron chi connectivity index (χ0n) is 26.3. The fourth-order valence-corrected chi connectivity index (χ4v) is 9.41. The van der Waals surface area contributed by atoms with Crippen molar-refractivity contribution in [1.82, 2.24) is 14.1 Å². The van der Waals surface area contributed by atoms with Crippen LogP contribution in [0.5, 0.6) is 5.75 Å². The number of carbonyl (C=O) groups is 1. The summed E-state index contributed by atoms with van der Waals surface area (Å²) in [6, 6.07) is 13.4. The molecule has 2 aliphatic carbocycles. The number of ether oxygens (including phenoxy) is 1. The lowest BCUT2D eigenvalue weighted by Crippen LogP contribution is -2.62. The molecule has 8 nitrogen and oxygen atoms in total. The smallest absolute Gasteiger partial charge is 0.416 e. The van der Waals surface area contributed by atoms with Gasteiger partial charge in [-0.2, -0.15) is 17.5 Å². The number of hydrogen-bond acceptors (Lipinski definition) is 6. The summed E-state index contributed by atoms with van der Waals surface area (Å²) in [6.07, 6.45) is 2.60. The van der Waals surface area contributed by atoms with Gasteiger partial charge in [0, 0.05) is 44.8 Å². The van der Waals surface area contributed by atoms with Gasteiger partial charge in [-0.15, -0.1) is 0 Å². The lowest BCUT2D eigenvalue weighted by molar-refractivity contribution is -0.139. The van der Waals surface area contributed by atoms with Gasteiger partial charge in [0.05, 0.1) is 16.6 Å². The van der Waals surface area contributed by atoms with Crippen LogP contribution in [0.2, 0.25) is 0 Å². The van der Waals surface area contributed by atoms with Crippen molar-refractivity contribution >= 4 is 26.7 Å². The van der Waals surface area contributed by atoms with Gasteiger partial charge < -0.3 is 15.4 Å². The maximum Gasteiger partial charge on any atom is 0.416 e. The number of halogens is 3. The molecule has 0 bridgehead atoms. The van der Waals surface area contributed by atoms with Crippen molar-refractivity contribution < 1.29 is 31.1 Å². The molecule has 7 rings (SSSR count). The summed E-state index contributed by atoms with van der Waals surface area (Å²) >= 11 is 0. The standard InChI is InChI=1S/C35H41F3N4O4S/c36-35(37,38)26-8-11-31-25(19-26)7-12-32(31)41-17-18-42(33(22-41)34(43)40-15-13-27(39)14-16-40)47(44,45)30-10-6-23-20-29(9-5-24(23)21-30)46-28-3-1-2-4-28/h5-6,8-11,19-21,27-28,32-33H,1-4,7,12-18,22,39H2/t32-,33?/m0/s1. The van der Waals surface area contributed by atoms with Crippen molar-refractivity contribution in [2.45, 2.75) is 86.7 Å². The Morgan fingerprint density at radius 1 is 0.851 bits per heavy atom. The van der Waals surface area contributed by atoms with Gasteiger partial charge in [-0.3, -0.25) is 9.69 Å². The number of hydrogen-bond donors (Lipinski definition) is 1. The van der Waals surface area contributed by atoms with Crippen LogP contribution < -0.4 is 10.5 Å². The van der Waals surface area contributed by atoms with E-state index in [9.17, 15) is 26.4 Å². The van der Waals surface area contributed by atoms with Crippen LogP contribution in [-0.2, 0) is 27.4 Å². The van der Waals surface area contributed by atoms with E-state index in [2.05, 4.69) is 4.90 Å². The number of alkyl halides is 3. The van der Waals surface area contributed by atoms with Crippen LogP contribution in [-0.4, -0.2) is 79.3 Å². The molecule has 2 atom stereocenters. The summed E-state index contributed by atoms with van der Waals surface area (Å²) in [5.41, 5.74) is 6.90. The Labute approximate surface area is 273 Å². The molecule has 3 aromatic rings. The number of aryl methyl sites for hydroxylation is 1. The number of benzene rings is 3. The Balaban J connectivity index is 1.16. The number of nitrogens with two attached hydrogens (primary N) is 1. The Hall–Kier alpha value is -3.19. The van der Waals surface area contributed by atoms with Gasteiger partial charge in [0.2, 0.25) is 15.9 Å². The van der Waals surface area contributed by atoms with Crippen LogP contribution >= 0.6 is 0 Å². The van der Waals surface area contributed by atoms with E-state index >= 15 is 0 Å². The SMILES string of the molecule is NC1CCN(C(=O)C2CN([C@H]3CCc4cc(C(F)(F)F)ccc43)CCN2S(=O)(=O)c2ccc3cc(OC4CCCC4)ccc3c2)CC1. The van der Waals surface area contributed by atoms with E-state index < -0.39 is 27.8 Å². The fourth-order valence-electron chi connectivity index (χ4n) is 7.81. The number of carbonyl (C=O) groups excluding carboxylic acids is 1. The maximum absolute atomic E-state index is 14.3. The predicted molar refractivity (Wildman–Crippen MR) is 172 cm³/mol. The quantitative estimate of drug-likeness (QED) is 0.373. The van der Waals surface area contributed by atoms with Gasteiger partial charge in [0.15, 0.2) is 0 Å². The van der Waals surface area contributed by atoms with Gasteiger partial charge in [-0.05, 0) is 110 Å². The minimum absolute atomic E-state index is 0.000000409. The minimum atomic E-state index is -4.42. The third-order valence-corrected chi connectivity index (χ3v) is 12.4. The van der Waals surface area contributed by atoms with E-state index in [1.807, 2.05) is 18.2 Å². The summed E-state index contributed by atoms with van der Waals surface area (Å²) in [5.74, 6) is 0.511. The highest BCUT2D eigenvalue weighted by Gasteiger charge is 2.45. The molecule has 0 radical (unpaired) electrons. The molecule has 47 heavy (non-hydrogen) atoms. The third-order valence-electron chi connectivity index (χ3n) is 10.5. The summed E-state index contributed by atoms with van der Waals surface area (Å²) < 4.78 is 76.3. The van der Waals surface area contributed by atoms with E-state index in [4.69, 9.17) is 10.5 Å². The number of nitrogens with zero attached hydrogens (tertiary/aromatic N) is 3. The number of rotatable bonds is 6. The Morgan fingerprint density at radius 2 is 1.57 bits per heavy atom. The Bertz CT molecular complexity index is 1750. The monoisotopic (exact) mass is 670 g/mol. The molecule has 12 heteroatoms. The first-order valence-corrected chi connectivity index (χ1v) is 18.1. The van der Waals surface area contributed by atoms with Crippen LogP contribution in [0, 0.1) is 0 Å². The zero-order chi connectivity index (χ0) is 32.9. The lowest BCUT2D eigenvalue weighted by Gasteiger charge is -2.44. The minimum Gasteiger partial charge on any atom is -0.490 e. The molecular formula is C35H41F3N4O4S. The van der Waals surface area contributed by atoms with E-state index in [0.29, 0.717) is 50.9 Å². The molecule has 3 fully saturated rings. The summed E-state index contributed by atoms with van der Waals surface area (Å²) in [5, 5.41) is 1.63. The van der Waals surface area contributed by atoms with Gasteiger partial charge in [0.1, 0.15) is 11.8 Å². The normalized spacial score (nSPS) is 23.8. The van der Waals surface area contributed by atoms with Crippen LogP contribution in [0.15, 0.2) is 59.5 Å². The number of sulfonamides is 1. The van der Waals surface area contributed by atoms with Gasteiger partial charge in [-0.25, -0.2) is 8.42 Å². The first kappa shape index (κ1) is 32.4. The fraction of sp³-hybridized carbons (Fsp3) is 0.514. The summed E-state index contributed by atoms with van der Waals surface area (Å²) in [4.78, 5) is 18.0. The number of fused-ring (bicyclic) bond motifs is 2. The first-order chi connectivity index (χ1) is 22.5. The number of piperazine rings is 1. The molecule has 2 saturated heterocycles. The van der Waals surface area contributed by atoms with Gasteiger partial charge in [0.25, 0.3) is 0 Å². The topological polar surface area (TPSA) is 96.2 Å². The molecule has 4 aliphatic rings. The molecule has 2 N–H and O–H groups in total.